The van der Waals surface area contributed by atoms with Crippen LogP contribution in [0.3, 0.4) is 0 Å². The van der Waals surface area contributed by atoms with Crippen molar-refractivity contribution in [3.8, 4) is 17.6 Å². The third-order valence-corrected chi connectivity index (χ3v) is 8.34. The normalized spacial score (nSPS) is 17.4. The zero-order valence-corrected chi connectivity index (χ0v) is 27.1. The third-order valence-electron chi connectivity index (χ3n) is 8.34. The molecule has 2 aromatic rings. The summed E-state index contributed by atoms with van der Waals surface area (Å²) in [5.41, 5.74) is 2.94. The fourth-order valence-corrected chi connectivity index (χ4v) is 5.94. The van der Waals surface area contributed by atoms with Gasteiger partial charge in [0.2, 0.25) is 17.7 Å². The number of carbonyl (C=O) groups excluding carboxylic acids is 6. The van der Waals surface area contributed by atoms with Crippen LogP contribution in [0, 0.1) is 17.3 Å². The quantitative estimate of drug-likeness (QED) is 0.244. The molecule has 6 amide bonds. The van der Waals surface area contributed by atoms with E-state index in [0.717, 1.165) is 16.9 Å². The molecule has 0 spiro atoms. The van der Waals surface area contributed by atoms with Crippen LogP contribution in [0.25, 0.3) is 0 Å². The topological polar surface area (TPSA) is 142 Å². The van der Waals surface area contributed by atoms with Crippen molar-refractivity contribution in [2.75, 3.05) is 19.7 Å². The summed E-state index contributed by atoms with van der Waals surface area (Å²) in [6, 6.07) is 9.59. The predicted octanol–water partition coefficient (Wildman–Crippen LogP) is 3.13. The largest absolute Gasteiger partial charge is 0.484 e. The number of unbranched alkanes of at least 4 members (excludes halogenated alkanes) is 2. The Labute approximate surface area is 274 Å². The molecule has 0 bridgehead atoms. The third kappa shape index (κ3) is 8.06. The molecule has 1 saturated heterocycles. The molecule has 0 aromatic heterocycles. The molecule has 47 heavy (non-hydrogen) atoms. The standard InChI is InChI=1S/C36H40N4O7/c1-36(2,3)20-31(43)39-18-16-23-12-13-26(19-25(23)21-39)47-22-30(42)37-17-7-5-4-6-9-24-10-8-11-27-32(24)35(46)40(34(27)45)28-14-15-29(41)38-33(28)44/h8,10-13,19,28H,4-5,7,14-18,20-22H2,1-3H3,(H,37,42)(H,38,41,44). The summed E-state index contributed by atoms with van der Waals surface area (Å²) in [4.78, 5) is 77.9. The van der Waals surface area contributed by atoms with Crippen LogP contribution in [0.1, 0.15) is 96.7 Å². The lowest BCUT2D eigenvalue weighted by atomic mass is 9.90. The number of nitrogens with one attached hydrogen (secondary N) is 2. The molecule has 1 fully saturated rings. The van der Waals surface area contributed by atoms with Crippen LogP contribution in [0.2, 0.25) is 0 Å². The number of benzene rings is 2. The average molecular weight is 641 g/mol. The molecule has 246 valence electrons. The van der Waals surface area contributed by atoms with Crippen LogP contribution in [0.15, 0.2) is 36.4 Å². The van der Waals surface area contributed by atoms with Crippen molar-refractivity contribution in [2.24, 2.45) is 5.41 Å². The van der Waals surface area contributed by atoms with E-state index in [1.807, 2.05) is 23.1 Å². The Morgan fingerprint density at radius 1 is 1.02 bits per heavy atom. The molecular weight excluding hydrogens is 600 g/mol. The van der Waals surface area contributed by atoms with E-state index in [-0.39, 0.29) is 47.8 Å². The van der Waals surface area contributed by atoms with Gasteiger partial charge < -0.3 is 15.0 Å². The van der Waals surface area contributed by atoms with E-state index in [1.54, 1.807) is 12.1 Å². The fourth-order valence-electron chi connectivity index (χ4n) is 5.94. The number of nitrogens with zero attached hydrogens (tertiary/aromatic N) is 2. The maximum absolute atomic E-state index is 13.2. The minimum Gasteiger partial charge on any atom is -0.484 e. The highest BCUT2D eigenvalue weighted by atomic mass is 16.5. The summed E-state index contributed by atoms with van der Waals surface area (Å²) in [7, 11) is 0. The average Bonchev–Trinajstić information content (AvgIpc) is 3.28. The Kier molecular flexibility index (Phi) is 10.1. The number of hydrogen-bond donors (Lipinski definition) is 2. The number of amides is 6. The minimum absolute atomic E-state index is 0.0553. The van der Waals surface area contributed by atoms with Gasteiger partial charge in [0.15, 0.2) is 6.61 Å². The van der Waals surface area contributed by atoms with Gasteiger partial charge in [0.25, 0.3) is 17.7 Å². The summed E-state index contributed by atoms with van der Waals surface area (Å²) in [5, 5.41) is 5.04. The molecule has 3 aliphatic heterocycles. The number of carbonyl (C=O) groups is 6. The van der Waals surface area contributed by atoms with Crippen LogP contribution >= 0.6 is 0 Å². The van der Waals surface area contributed by atoms with Crippen LogP contribution in [-0.2, 0) is 32.1 Å². The molecule has 0 radical (unpaired) electrons. The Bertz CT molecular complexity index is 1680. The zero-order chi connectivity index (χ0) is 33.7. The molecule has 0 saturated carbocycles. The van der Waals surface area contributed by atoms with Crippen molar-refractivity contribution in [1.82, 2.24) is 20.4 Å². The number of rotatable bonds is 9. The van der Waals surface area contributed by atoms with Crippen LogP contribution < -0.4 is 15.4 Å². The SMILES string of the molecule is CC(C)(C)CC(=O)N1CCc2ccc(OCC(=O)NCCCCC#Cc3cccc4c3C(=O)N(C3CCC(=O)NC3=O)C4=O)cc2C1. The van der Waals surface area contributed by atoms with Crippen molar-refractivity contribution in [2.45, 2.75) is 78.3 Å². The lowest BCUT2D eigenvalue weighted by Crippen LogP contribution is -2.54. The molecule has 11 heteroatoms. The molecule has 1 unspecified atom stereocenters. The van der Waals surface area contributed by atoms with E-state index in [4.69, 9.17) is 4.74 Å². The van der Waals surface area contributed by atoms with Crippen molar-refractivity contribution in [3.63, 3.8) is 0 Å². The Balaban J connectivity index is 1.04. The van der Waals surface area contributed by atoms with Gasteiger partial charge in [0, 0.05) is 44.5 Å². The molecular formula is C36H40N4O7. The Morgan fingerprint density at radius 3 is 2.60 bits per heavy atom. The zero-order valence-electron chi connectivity index (χ0n) is 27.1. The van der Waals surface area contributed by atoms with E-state index in [9.17, 15) is 28.8 Å². The number of hydrogen-bond acceptors (Lipinski definition) is 7. The van der Waals surface area contributed by atoms with Crippen LogP contribution in [-0.4, -0.2) is 71.0 Å². The molecule has 5 rings (SSSR count). The molecule has 11 nitrogen and oxygen atoms in total. The van der Waals surface area contributed by atoms with Gasteiger partial charge in [-0.15, -0.1) is 0 Å². The summed E-state index contributed by atoms with van der Waals surface area (Å²) >= 11 is 0. The first-order valence-corrected chi connectivity index (χ1v) is 16.0. The lowest BCUT2D eigenvalue weighted by molar-refractivity contribution is -0.136. The monoisotopic (exact) mass is 640 g/mol. The first-order chi connectivity index (χ1) is 22.4. The highest BCUT2D eigenvalue weighted by molar-refractivity contribution is 6.24. The highest BCUT2D eigenvalue weighted by Crippen LogP contribution is 2.30. The van der Waals surface area contributed by atoms with Gasteiger partial charge in [-0.1, -0.05) is 44.7 Å². The second kappa shape index (κ2) is 14.2. The van der Waals surface area contributed by atoms with E-state index in [2.05, 4.69) is 43.2 Å². The smallest absolute Gasteiger partial charge is 0.263 e. The second-order valence-electron chi connectivity index (χ2n) is 13.3. The van der Waals surface area contributed by atoms with Crippen LogP contribution in [0.4, 0.5) is 0 Å². The molecule has 2 aromatic carbocycles. The van der Waals surface area contributed by atoms with Gasteiger partial charge in [0.1, 0.15) is 11.8 Å². The summed E-state index contributed by atoms with van der Waals surface area (Å²) in [6.45, 7) is 7.75. The Morgan fingerprint density at radius 2 is 1.83 bits per heavy atom. The van der Waals surface area contributed by atoms with Gasteiger partial charge >= 0.3 is 0 Å². The van der Waals surface area contributed by atoms with Crippen LogP contribution in [0.5, 0.6) is 5.75 Å². The van der Waals surface area contributed by atoms with Crippen molar-refractivity contribution in [3.05, 3.63) is 64.2 Å². The maximum atomic E-state index is 13.2. The van der Waals surface area contributed by atoms with Gasteiger partial charge in [-0.3, -0.25) is 39.0 Å². The van der Waals surface area contributed by atoms with Gasteiger partial charge in [0.05, 0.1) is 11.1 Å². The summed E-state index contributed by atoms with van der Waals surface area (Å²) < 4.78 is 5.73. The molecule has 0 aliphatic carbocycles. The van der Waals surface area contributed by atoms with E-state index < -0.39 is 29.7 Å². The van der Waals surface area contributed by atoms with Gasteiger partial charge in [-0.2, -0.15) is 0 Å². The predicted molar refractivity (Wildman–Crippen MR) is 172 cm³/mol. The summed E-state index contributed by atoms with van der Waals surface area (Å²) in [6.07, 6.45) is 3.34. The highest BCUT2D eigenvalue weighted by Gasteiger charge is 2.45. The number of imide groups is 2. The Hall–Kier alpha value is -4.98. The molecule has 3 heterocycles. The van der Waals surface area contributed by atoms with Crippen molar-refractivity contribution < 1.29 is 33.5 Å². The van der Waals surface area contributed by atoms with E-state index in [1.165, 1.54) is 11.6 Å². The van der Waals surface area contributed by atoms with Gasteiger partial charge in [-0.05, 0) is 66.5 Å². The first-order valence-electron chi connectivity index (χ1n) is 16.0. The van der Waals surface area contributed by atoms with Crippen molar-refractivity contribution in [1.29, 1.82) is 0 Å². The first kappa shape index (κ1) is 33.4. The molecule has 2 N–H and O–H groups in total. The number of ether oxygens (including phenoxy) is 1. The molecule has 3 aliphatic rings. The fraction of sp³-hybridized carbons (Fsp3) is 0.444. The number of piperidine rings is 1. The summed E-state index contributed by atoms with van der Waals surface area (Å²) in [5.74, 6) is 4.29. The van der Waals surface area contributed by atoms with E-state index >= 15 is 0 Å². The lowest BCUT2D eigenvalue weighted by Gasteiger charge is -2.31. The molecule has 1 atom stereocenters. The number of fused-ring (bicyclic) bond motifs is 2. The second-order valence-corrected chi connectivity index (χ2v) is 13.3. The van der Waals surface area contributed by atoms with Gasteiger partial charge in [-0.25, -0.2) is 0 Å². The maximum Gasteiger partial charge on any atom is 0.263 e. The minimum atomic E-state index is -1.03. The van der Waals surface area contributed by atoms with Crippen molar-refractivity contribution >= 4 is 35.4 Å². The van der Waals surface area contributed by atoms with E-state index in [0.29, 0.717) is 56.6 Å².